The molecule has 2 aliphatic rings. The zero-order valence-electron chi connectivity index (χ0n) is 13.9. The zero-order chi connectivity index (χ0) is 15.0. The molecule has 1 aromatic rings. The minimum Gasteiger partial charge on any atom is -0.363 e. The molecule has 0 spiro atoms. The topological polar surface area (TPSA) is 36.3 Å². The Labute approximate surface area is 128 Å². The van der Waals surface area contributed by atoms with Crippen LogP contribution in [0.25, 0.3) is 0 Å². The monoisotopic (exact) mass is 291 g/mol. The summed E-state index contributed by atoms with van der Waals surface area (Å²) in [5.74, 6) is 2.04. The van der Waals surface area contributed by atoms with Crippen molar-refractivity contribution in [3.63, 3.8) is 0 Å². The lowest BCUT2D eigenvalue weighted by Crippen LogP contribution is -2.28. The van der Waals surface area contributed by atoms with E-state index in [1.54, 1.807) is 0 Å². The molecular formula is C16H29N5. The predicted molar refractivity (Wildman–Crippen MR) is 86.7 cm³/mol. The van der Waals surface area contributed by atoms with E-state index in [-0.39, 0.29) is 0 Å². The summed E-state index contributed by atoms with van der Waals surface area (Å²) >= 11 is 0. The first-order valence-electron chi connectivity index (χ1n) is 8.21. The number of nitrogens with zero attached hydrogens (tertiary/aromatic N) is 4. The zero-order valence-corrected chi connectivity index (χ0v) is 13.9. The summed E-state index contributed by atoms with van der Waals surface area (Å²) in [5, 5.41) is 8.22. The number of hydrogen-bond acceptors (Lipinski definition) is 4. The first-order valence-corrected chi connectivity index (χ1v) is 8.21. The molecule has 118 valence electrons. The van der Waals surface area contributed by atoms with Crippen LogP contribution in [0.3, 0.4) is 0 Å². The predicted octanol–water partition coefficient (Wildman–Crippen LogP) is 1.37. The standard InChI is InChI=1S/C16H29N5/c1-12-15(16(19(2)3)20(4)18-12)10-17-9-13-7-8-21(11-13)14-5-6-14/h13-14,17H,5-11H2,1-4H3/t13-/m1/s1. The van der Waals surface area contributed by atoms with Crippen molar-refractivity contribution in [2.45, 2.75) is 38.8 Å². The summed E-state index contributed by atoms with van der Waals surface area (Å²) in [4.78, 5) is 4.84. The maximum Gasteiger partial charge on any atom is 0.130 e. The average Bonchev–Trinajstić information content (AvgIpc) is 3.09. The van der Waals surface area contributed by atoms with E-state index in [2.05, 4.69) is 41.2 Å². The summed E-state index contributed by atoms with van der Waals surface area (Å²) in [6, 6.07) is 0.927. The number of likely N-dealkylation sites (tertiary alicyclic amines) is 1. The molecule has 0 aromatic carbocycles. The van der Waals surface area contributed by atoms with Crippen molar-refractivity contribution in [3.05, 3.63) is 11.3 Å². The van der Waals surface area contributed by atoms with Crippen molar-refractivity contribution in [1.82, 2.24) is 20.0 Å². The van der Waals surface area contributed by atoms with Gasteiger partial charge < -0.3 is 15.1 Å². The third-order valence-electron chi connectivity index (χ3n) is 4.85. The van der Waals surface area contributed by atoms with Crippen LogP contribution in [0.1, 0.15) is 30.5 Å². The number of nitrogens with one attached hydrogen (secondary N) is 1. The number of hydrogen-bond donors (Lipinski definition) is 1. The second-order valence-electron chi connectivity index (χ2n) is 6.92. The maximum absolute atomic E-state index is 4.55. The Morgan fingerprint density at radius 1 is 1.29 bits per heavy atom. The van der Waals surface area contributed by atoms with Gasteiger partial charge >= 0.3 is 0 Å². The smallest absolute Gasteiger partial charge is 0.130 e. The van der Waals surface area contributed by atoms with Gasteiger partial charge in [-0.3, -0.25) is 4.68 Å². The van der Waals surface area contributed by atoms with Crippen LogP contribution in [0.5, 0.6) is 0 Å². The van der Waals surface area contributed by atoms with Crippen LogP contribution in [0.4, 0.5) is 5.82 Å². The molecule has 1 N–H and O–H groups in total. The van der Waals surface area contributed by atoms with Crippen LogP contribution < -0.4 is 10.2 Å². The summed E-state index contributed by atoms with van der Waals surface area (Å²) in [5.41, 5.74) is 2.47. The second-order valence-corrected chi connectivity index (χ2v) is 6.92. The van der Waals surface area contributed by atoms with Gasteiger partial charge in [0.1, 0.15) is 5.82 Å². The molecule has 0 radical (unpaired) electrons. The number of aryl methyl sites for hydroxylation is 2. The Morgan fingerprint density at radius 3 is 2.71 bits per heavy atom. The molecule has 5 nitrogen and oxygen atoms in total. The fraction of sp³-hybridized carbons (Fsp3) is 0.812. The Bertz CT molecular complexity index is 489. The van der Waals surface area contributed by atoms with Gasteiger partial charge in [-0.05, 0) is 45.2 Å². The van der Waals surface area contributed by atoms with Gasteiger partial charge in [0.15, 0.2) is 0 Å². The van der Waals surface area contributed by atoms with Crippen LogP contribution in [0.2, 0.25) is 0 Å². The Kier molecular flexibility index (Phi) is 4.22. The van der Waals surface area contributed by atoms with Gasteiger partial charge in [-0.2, -0.15) is 5.10 Å². The Hall–Kier alpha value is -1.07. The van der Waals surface area contributed by atoms with Gasteiger partial charge in [0.2, 0.25) is 0 Å². The highest BCUT2D eigenvalue weighted by atomic mass is 15.4. The van der Waals surface area contributed by atoms with Crippen LogP contribution in [-0.4, -0.2) is 54.5 Å². The lowest BCUT2D eigenvalue weighted by atomic mass is 10.1. The van der Waals surface area contributed by atoms with Crippen LogP contribution in [-0.2, 0) is 13.6 Å². The van der Waals surface area contributed by atoms with Crippen LogP contribution in [0, 0.1) is 12.8 Å². The molecule has 21 heavy (non-hydrogen) atoms. The van der Waals surface area contributed by atoms with Crippen molar-refractivity contribution in [3.8, 4) is 0 Å². The first-order chi connectivity index (χ1) is 10.1. The van der Waals surface area contributed by atoms with Crippen molar-refractivity contribution in [1.29, 1.82) is 0 Å². The van der Waals surface area contributed by atoms with E-state index in [4.69, 9.17) is 0 Å². The van der Waals surface area contributed by atoms with Crippen LogP contribution >= 0.6 is 0 Å². The third kappa shape index (κ3) is 3.24. The molecule has 0 amide bonds. The fourth-order valence-corrected chi connectivity index (χ4v) is 3.66. The summed E-state index contributed by atoms with van der Waals surface area (Å²) in [7, 11) is 6.20. The minimum absolute atomic E-state index is 0.824. The quantitative estimate of drug-likeness (QED) is 0.859. The second kappa shape index (κ2) is 5.97. The number of rotatable bonds is 6. The van der Waals surface area contributed by atoms with Gasteiger partial charge in [-0.1, -0.05) is 0 Å². The van der Waals surface area contributed by atoms with Crippen LogP contribution in [0.15, 0.2) is 0 Å². The van der Waals surface area contributed by atoms with E-state index in [1.807, 2.05) is 11.7 Å². The van der Waals surface area contributed by atoms with Crippen molar-refractivity contribution < 1.29 is 0 Å². The highest BCUT2D eigenvalue weighted by Crippen LogP contribution is 2.31. The molecule has 0 bridgehead atoms. The largest absolute Gasteiger partial charge is 0.363 e. The molecule has 2 fully saturated rings. The highest BCUT2D eigenvalue weighted by Gasteiger charge is 2.34. The van der Waals surface area contributed by atoms with Crippen molar-refractivity contribution in [2.24, 2.45) is 13.0 Å². The molecular weight excluding hydrogens is 262 g/mol. The molecule has 5 heteroatoms. The molecule has 1 saturated carbocycles. The summed E-state index contributed by atoms with van der Waals surface area (Å²) < 4.78 is 1.98. The van der Waals surface area contributed by atoms with Crippen molar-refractivity contribution in [2.75, 3.05) is 38.6 Å². The lowest BCUT2D eigenvalue weighted by molar-refractivity contribution is 0.312. The molecule has 1 atom stereocenters. The van der Waals surface area contributed by atoms with Gasteiger partial charge in [0, 0.05) is 45.8 Å². The minimum atomic E-state index is 0.824. The SMILES string of the molecule is Cc1nn(C)c(N(C)C)c1CNC[C@H]1CCN(C2CC2)C1. The molecule has 2 heterocycles. The van der Waals surface area contributed by atoms with Gasteiger partial charge in [-0.25, -0.2) is 0 Å². The average molecular weight is 291 g/mol. The maximum atomic E-state index is 4.55. The third-order valence-corrected chi connectivity index (χ3v) is 4.85. The molecule has 1 saturated heterocycles. The van der Waals surface area contributed by atoms with E-state index in [0.717, 1.165) is 30.7 Å². The molecule has 1 aliphatic carbocycles. The highest BCUT2D eigenvalue weighted by molar-refractivity contribution is 5.48. The van der Waals surface area contributed by atoms with E-state index in [1.165, 1.54) is 43.7 Å². The molecule has 1 aliphatic heterocycles. The lowest BCUT2D eigenvalue weighted by Gasteiger charge is -2.17. The summed E-state index contributed by atoms with van der Waals surface area (Å²) in [6.45, 7) is 6.77. The Balaban J connectivity index is 1.51. The van der Waals surface area contributed by atoms with Gasteiger partial charge in [-0.15, -0.1) is 0 Å². The normalized spacial score (nSPS) is 23.0. The van der Waals surface area contributed by atoms with E-state index >= 15 is 0 Å². The fourth-order valence-electron chi connectivity index (χ4n) is 3.66. The number of anilines is 1. The van der Waals surface area contributed by atoms with E-state index in [0.29, 0.717) is 0 Å². The van der Waals surface area contributed by atoms with E-state index in [9.17, 15) is 0 Å². The Morgan fingerprint density at radius 2 is 2.05 bits per heavy atom. The molecule has 3 rings (SSSR count). The molecule has 0 unspecified atom stereocenters. The van der Waals surface area contributed by atoms with E-state index < -0.39 is 0 Å². The summed E-state index contributed by atoms with van der Waals surface area (Å²) in [6.07, 6.45) is 4.22. The molecule has 1 aromatic heterocycles. The van der Waals surface area contributed by atoms with Crippen molar-refractivity contribution >= 4 is 5.82 Å². The van der Waals surface area contributed by atoms with Gasteiger partial charge in [0.25, 0.3) is 0 Å². The van der Waals surface area contributed by atoms with Gasteiger partial charge in [0.05, 0.1) is 5.69 Å². The first kappa shape index (κ1) is 14.9. The number of aromatic nitrogens is 2.